The zero-order valence-electron chi connectivity index (χ0n) is 8.61. The fourth-order valence-electron chi connectivity index (χ4n) is 0.972. The Bertz CT molecular complexity index is 301. The fourth-order valence-corrected chi connectivity index (χ4v) is 0.972. The van der Waals surface area contributed by atoms with Crippen molar-refractivity contribution in [1.29, 1.82) is 0 Å². The van der Waals surface area contributed by atoms with Gasteiger partial charge in [0, 0.05) is 0 Å². The van der Waals surface area contributed by atoms with Gasteiger partial charge in [-0.1, -0.05) is 0 Å². The molecule has 0 radical (unpaired) electrons. The highest BCUT2D eigenvalue weighted by Gasteiger charge is 2.17. The van der Waals surface area contributed by atoms with E-state index < -0.39 is 5.60 Å². The van der Waals surface area contributed by atoms with E-state index in [2.05, 4.69) is 0 Å². The molecule has 3 heteroatoms. The minimum Gasteiger partial charge on any atom is -0.497 e. The SMILES string of the molecule is COc1ccc(OC(C)(C)C=O)cc1. The summed E-state index contributed by atoms with van der Waals surface area (Å²) in [5.41, 5.74) is -0.783. The quantitative estimate of drug-likeness (QED) is 0.688. The van der Waals surface area contributed by atoms with Gasteiger partial charge in [-0.25, -0.2) is 0 Å². The summed E-state index contributed by atoms with van der Waals surface area (Å²) < 4.78 is 10.4. The highest BCUT2D eigenvalue weighted by atomic mass is 16.5. The highest BCUT2D eigenvalue weighted by molar-refractivity contribution is 5.61. The summed E-state index contributed by atoms with van der Waals surface area (Å²) in [6, 6.07) is 7.11. The van der Waals surface area contributed by atoms with E-state index in [1.807, 2.05) is 0 Å². The Balaban J connectivity index is 2.73. The number of ether oxygens (including phenoxy) is 2. The first kappa shape index (κ1) is 10.6. The van der Waals surface area contributed by atoms with Crippen LogP contribution in [0.25, 0.3) is 0 Å². The number of benzene rings is 1. The van der Waals surface area contributed by atoms with Crippen LogP contribution in [0.4, 0.5) is 0 Å². The molecule has 0 unspecified atom stereocenters. The third kappa shape index (κ3) is 2.76. The van der Waals surface area contributed by atoms with Crippen molar-refractivity contribution in [1.82, 2.24) is 0 Å². The van der Waals surface area contributed by atoms with Crippen molar-refractivity contribution >= 4 is 6.29 Å². The zero-order chi connectivity index (χ0) is 10.6. The molecule has 0 aliphatic heterocycles. The Hall–Kier alpha value is -1.51. The van der Waals surface area contributed by atoms with Crippen LogP contribution in [-0.4, -0.2) is 19.0 Å². The number of carbonyl (C=O) groups is 1. The molecular weight excluding hydrogens is 180 g/mol. The predicted octanol–water partition coefficient (Wildman–Crippen LogP) is 2.05. The van der Waals surface area contributed by atoms with Crippen LogP contribution >= 0.6 is 0 Å². The van der Waals surface area contributed by atoms with Crippen LogP contribution in [0.2, 0.25) is 0 Å². The number of aldehydes is 1. The van der Waals surface area contributed by atoms with Crippen LogP contribution < -0.4 is 9.47 Å². The van der Waals surface area contributed by atoms with Gasteiger partial charge >= 0.3 is 0 Å². The van der Waals surface area contributed by atoms with Gasteiger partial charge in [-0.05, 0) is 38.1 Å². The van der Waals surface area contributed by atoms with Crippen molar-refractivity contribution in [3.05, 3.63) is 24.3 Å². The lowest BCUT2D eigenvalue weighted by atomic mass is 10.2. The largest absolute Gasteiger partial charge is 0.497 e. The molecule has 1 rings (SSSR count). The Morgan fingerprint density at radius 3 is 2.07 bits per heavy atom. The van der Waals surface area contributed by atoms with Gasteiger partial charge in [-0.15, -0.1) is 0 Å². The molecule has 1 aromatic carbocycles. The van der Waals surface area contributed by atoms with Gasteiger partial charge in [0.2, 0.25) is 0 Å². The van der Waals surface area contributed by atoms with Gasteiger partial charge in [-0.2, -0.15) is 0 Å². The topological polar surface area (TPSA) is 35.5 Å². The summed E-state index contributed by atoms with van der Waals surface area (Å²) in [5, 5.41) is 0. The number of methoxy groups -OCH3 is 1. The summed E-state index contributed by atoms with van der Waals surface area (Å²) in [6.45, 7) is 3.43. The first-order chi connectivity index (χ1) is 6.57. The predicted molar refractivity (Wildman–Crippen MR) is 53.8 cm³/mol. The number of hydrogen-bond donors (Lipinski definition) is 0. The number of carbonyl (C=O) groups excluding carboxylic acids is 1. The average molecular weight is 194 g/mol. The monoisotopic (exact) mass is 194 g/mol. The minimum atomic E-state index is -0.783. The van der Waals surface area contributed by atoms with Crippen molar-refractivity contribution < 1.29 is 14.3 Å². The van der Waals surface area contributed by atoms with Crippen LogP contribution in [0.3, 0.4) is 0 Å². The molecule has 0 aliphatic rings. The smallest absolute Gasteiger partial charge is 0.162 e. The molecule has 0 amide bonds. The lowest BCUT2D eigenvalue weighted by Gasteiger charge is -2.19. The van der Waals surface area contributed by atoms with E-state index in [0.717, 1.165) is 12.0 Å². The number of rotatable bonds is 4. The maximum Gasteiger partial charge on any atom is 0.162 e. The van der Waals surface area contributed by atoms with Crippen molar-refractivity contribution in [3.63, 3.8) is 0 Å². The van der Waals surface area contributed by atoms with Crippen LogP contribution in [0.1, 0.15) is 13.8 Å². The molecule has 0 spiro atoms. The van der Waals surface area contributed by atoms with E-state index in [4.69, 9.17) is 9.47 Å². The molecule has 0 saturated carbocycles. The molecule has 0 aliphatic carbocycles. The zero-order valence-corrected chi connectivity index (χ0v) is 8.61. The third-order valence-electron chi connectivity index (χ3n) is 1.72. The summed E-state index contributed by atoms with van der Waals surface area (Å²) in [5.74, 6) is 1.42. The maximum atomic E-state index is 10.6. The van der Waals surface area contributed by atoms with E-state index in [1.165, 1.54) is 0 Å². The second-order valence-corrected chi connectivity index (χ2v) is 3.50. The van der Waals surface area contributed by atoms with E-state index in [1.54, 1.807) is 45.2 Å². The second-order valence-electron chi connectivity index (χ2n) is 3.50. The molecule has 3 nitrogen and oxygen atoms in total. The molecule has 0 fully saturated rings. The average Bonchev–Trinajstić information content (AvgIpc) is 2.19. The summed E-state index contributed by atoms with van der Waals surface area (Å²) in [4.78, 5) is 10.6. The minimum absolute atomic E-state index is 0.655. The molecule has 0 bridgehead atoms. The first-order valence-electron chi connectivity index (χ1n) is 4.37. The Morgan fingerprint density at radius 2 is 1.64 bits per heavy atom. The van der Waals surface area contributed by atoms with Crippen LogP contribution in [0.5, 0.6) is 11.5 Å². The highest BCUT2D eigenvalue weighted by Crippen LogP contribution is 2.20. The van der Waals surface area contributed by atoms with E-state index >= 15 is 0 Å². The molecular formula is C11H14O3. The van der Waals surface area contributed by atoms with Gasteiger partial charge < -0.3 is 9.47 Å². The Morgan fingerprint density at radius 1 is 1.14 bits per heavy atom. The summed E-state index contributed by atoms with van der Waals surface area (Å²) in [7, 11) is 1.60. The van der Waals surface area contributed by atoms with Crippen LogP contribution in [0.15, 0.2) is 24.3 Å². The van der Waals surface area contributed by atoms with Gasteiger partial charge in [0.25, 0.3) is 0 Å². The number of hydrogen-bond acceptors (Lipinski definition) is 3. The second kappa shape index (κ2) is 4.13. The van der Waals surface area contributed by atoms with Crippen LogP contribution in [-0.2, 0) is 4.79 Å². The summed E-state index contributed by atoms with van der Waals surface area (Å²) >= 11 is 0. The van der Waals surface area contributed by atoms with E-state index in [9.17, 15) is 4.79 Å². The van der Waals surface area contributed by atoms with Crippen LogP contribution in [0, 0.1) is 0 Å². The molecule has 0 heterocycles. The maximum absolute atomic E-state index is 10.6. The molecule has 0 aromatic heterocycles. The molecule has 0 N–H and O–H groups in total. The molecule has 76 valence electrons. The normalized spacial score (nSPS) is 10.8. The van der Waals surface area contributed by atoms with Crippen molar-refractivity contribution in [2.75, 3.05) is 7.11 Å². The Labute approximate surface area is 83.6 Å². The van der Waals surface area contributed by atoms with Crippen molar-refractivity contribution in [2.24, 2.45) is 0 Å². The molecule has 0 saturated heterocycles. The van der Waals surface area contributed by atoms with Gasteiger partial charge in [-0.3, -0.25) is 4.79 Å². The Kier molecular flexibility index (Phi) is 3.12. The molecule has 0 atom stereocenters. The lowest BCUT2D eigenvalue weighted by Crippen LogP contribution is -2.29. The lowest BCUT2D eigenvalue weighted by molar-refractivity contribution is -0.118. The summed E-state index contributed by atoms with van der Waals surface area (Å²) in [6.07, 6.45) is 0.775. The van der Waals surface area contributed by atoms with Gasteiger partial charge in [0.05, 0.1) is 7.11 Å². The van der Waals surface area contributed by atoms with E-state index in [0.29, 0.717) is 5.75 Å². The van der Waals surface area contributed by atoms with Gasteiger partial charge in [0.1, 0.15) is 11.5 Å². The van der Waals surface area contributed by atoms with E-state index in [-0.39, 0.29) is 0 Å². The van der Waals surface area contributed by atoms with Crippen molar-refractivity contribution in [2.45, 2.75) is 19.4 Å². The molecule has 14 heavy (non-hydrogen) atoms. The van der Waals surface area contributed by atoms with Crippen molar-refractivity contribution in [3.8, 4) is 11.5 Å². The first-order valence-corrected chi connectivity index (χ1v) is 4.37. The third-order valence-corrected chi connectivity index (χ3v) is 1.72. The van der Waals surface area contributed by atoms with Gasteiger partial charge in [0.15, 0.2) is 11.9 Å². The fraction of sp³-hybridized carbons (Fsp3) is 0.364. The molecule has 1 aromatic rings. The standard InChI is InChI=1S/C11H14O3/c1-11(2,8-12)14-10-6-4-9(13-3)5-7-10/h4-8H,1-3H3.